The van der Waals surface area contributed by atoms with E-state index in [4.69, 9.17) is 0 Å². The molecule has 110 valence electrons. The Morgan fingerprint density at radius 2 is 1.90 bits per heavy atom. The number of nitrogens with one attached hydrogen (secondary N) is 2. The molecule has 0 aromatic heterocycles. The third-order valence-electron chi connectivity index (χ3n) is 3.41. The topological polar surface area (TPSA) is 58.2 Å². The molecule has 1 heterocycles. The molecule has 4 nitrogen and oxygen atoms in total. The molecule has 2 N–H and O–H groups in total. The van der Waals surface area contributed by atoms with E-state index in [1.807, 2.05) is 6.92 Å². The van der Waals surface area contributed by atoms with Crippen LogP contribution in [0.1, 0.15) is 12.5 Å². The summed E-state index contributed by atoms with van der Waals surface area (Å²) >= 11 is 0. The minimum atomic E-state index is -3.67. The molecule has 1 atom stereocenters. The van der Waals surface area contributed by atoms with Crippen molar-refractivity contribution in [2.24, 2.45) is 0 Å². The summed E-state index contributed by atoms with van der Waals surface area (Å²) in [4.78, 5) is 0.210. The molecule has 2 aromatic carbocycles. The van der Waals surface area contributed by atoms with Crippen molar-refractivity contribution < 1.29 is 12.8 Å². The molecule has 0 radical (unpaired) electrons. The zero-order valence-corrected chi connectivity index (χ0v) is 12.2. The summed E-state index contributed by atoms with van der Waals surface area (Å²) in [5.74, 6) is -0.407. The Morgan fingerprint density at radius 1 is 1.19 bits per heavy atom. The first kappa shape index (κ1) is 13.9. The molecule has 0 fully saturated rings. The van der Waals surface area contributed by atoms with Crippen LogP contribution in [0.15, 0.2) is 47.4 Å². The van der Waals surface area contributed by atoms with E-state index in [0.717, 1.165) is 17.7 Å². The van der Waals surface area contributed by atoms with Gasteiger partial charge in [0.1, 0.15) is 5.82 Å². The Bertz CT molecular complexity index is 773. The number of anilines is 2. The number of halogens is 1. The minimum Gasteiger partial charge on any atom is -0.382 e. The fraction of sp³-hybridized carbons (Fsp3) is 0.200. The van der Waals surface area contributed by atoms with Crippen LogP contribution in [0.2, 0.25) is 0 Å². The molecule has 6 heteroatoms. The van der Waals surface area contributed by atoms with Crippen LogP contribution in [0.4, 0.5) is 15.8 Å². The fourth-order valence-corrected chi connectivity index (χ4v) is 3.53. The summed E-state index contributed by atoms with van der Waals surface area (Å²) < 4.78 is 40.0. The number of hydrogen-bond donors (Lipinski definition) is 2. The second-order valence-electron chi connectivity index (χ2n) is 5.18. The van der Waals surface area contributed by atoms with Crippen molar-refractivity contribution in [2.45, 2.75) is 24.3 Å². The third kappa shape index (κ3) is 2.85. The Kier molecular flexibility index (Phi) is 3.33. The van der Waals surface area contributed by atoms with Crippen molar-refractivity contribution in [1.82, 2.24) is 0 Å². The van der Waals surface area contributed by atoms with Gasteiger partial charge in [-0.1, -0.05) is 0 Å². The predicted octanol–water partition coefficient (Wildman–Crippen LogP) is 2.98. The van der Waals surface area contributed by atoms with E-state index >= 15 is 0 Å². The first-order valence-electron chi connectivity index (χ1n) is 6.62. The van der Waals surface area contributed by atoms with Crippen molar-refractivity contribution in [1.29, 1.82) is 0 Å². The van der Waals surface area contributed by atoms with Gasteiger partial charge >= 0.3 is 0 Å². The minimum absolute atomic E-state index is 0.210. The largest absolute Gasteiger partial charge is 0.382 e. The molecule has 0 saturated carbocycles. The number of hydrogen-bond acceptors (Lipinski definition) is 3. The first-order chi connectivity index (χ1) is 9.94. The van der Waals surface area contributed by atoms with Gasteiger partial charge in [0.2, 0.25) is 0 Å². The van der Waals surface area contributed by atoms with Gasteiger partial charge in [-0.05, 0) is 61.4 Å². The van der Waals surface area contributed by atoms with Crippen LogP contribution < -0.4 is 10.0 Å². The maximum Gasteiger partial charge on any atom is 0.261 e. The fourth-order valence-electron chi connectivity index (χ4n) is 2.43. The molecule has 0 amide bonds. The molecule has 2 aromatic rings. The van der Waals surface area contributed by atoms with Crippen LogP contribution in [-0.4, -0.2) is 14.5 Å². The second kappa shape index (κ2) is 5.04. The van der Waals surface area contributed by atoms with Gasteiger partial charge in [0.25, 0.3) is 10.0 Å². The lowest BCUT2D eigenvalue weighted by molar-refractivity contribution is 0.601. The molecule has 0 bridgehead atoms. The summed E-state index contributed by atoms with van der Waals surface area (Å²) in [5, 5.41) is 3.28. The molecule has 0 saturated heterocycles. The van der Waals surface area contributed by atoms with E-state index in [9.17, 15) is 12.8 Å². The first-order valence-corrected chi connectivity index (χ1v) is 8.10. The molecular formula is C15H15FN2O2S. The van der Waals surface area contributed by atoms with Gasteiger partial charge < -0.3 is 5.32 Å². The average Bonchev–Trinajstić information content (AvgIpc) is 2.80. The number of sulfonamides is 1. The van der Waals surface area contributed by atoms with Gasteiger partial charge in [-0.15, -0.1) is 0 Å². The molecule has 3 rings (SSSR count). The van der Waals surface area contributed by atoms with Crippen LogP contribution in [0, 0.1) is 5.82 Å². The molecular weight excluding hydrogens is 291 g/mol. The second-order valence-corrected chi connectivity index (χ2v) is 6.86. The average molecular weight is 306 g/mol. The van der Waals surface area contributed by atoms with Crippen molar-refractivity contribution >= 4 is 21.4 Å². The van der Waals surface area contributed by atoms with Gasteiger partial charge in [-0.25, -0.2) is 12.8 Å². The van der Waals surface area contributed by atoms with Crippen LogP contribution in [0.25, 0.3) is 0 Å². The highest BCUT2D eigenvalue weighted by Gasteiger charge is 2.21. The summed E-state index contributed by atoms with van der Waals surface area (Å²) in [5.41, 5.74) is 2.30. The third-order valence-corrected chi connectivity index (χ3v) is 4.79. The monoisotopic (exact) mass is 306 g/mol. The highest BCUT2D eigenvalue weighted by Crippen LogP contribution is 2.28. The summed E-state index contributed by atoms with van der Waals surface area (Å²) in [6, 6.07) is 10.5. The maximum absolute atomic E-state index is 12.8. The Labute approximate surface area is 123 Å². The quantitative estimate of drug-likeness (QED) is 0.916. The number of fused-ring (bicyclic) bond motifs is 1. The van der Waals surface area contributed by atoms with Crippen LogP contribution in [-0.2, 0) is 16.4 Å². The summed E-state index contributed by atoms with van der Waals surface area (Å²) in [7, 11) is -3.67. The maximum atomic E-state index is 12.8. The Morgan fingerprint density at radius 3 is 2.62 bits per heavy atom. The number of rotatable bonds is 3. The molecule has 0 aliphatic carbocycles. The van der Waals surface area contributed by atoms with E-state index in [-0.39, 0.29) is 4.90 Å². The van der Waals surface area contributed by atoms with E-state index < -0.39 is 15.8 Å². The predicted molar refractivity (Wildman–Crippen MR) is 80.4 cm³/mol. The van der Waals surface area contributed by atoms with Crippen LogP contribution in [0.3, 0.4) is 0 Å². The van der Waals surface area contributed by atoms with Crippen molar-refractivity contribution in [3.8, 4) is 0 Å². The zero-order chi connectivity index (χ0) is 15.0. The number of benzene rings is 2. The van der Waals surface area contributed by atoms with E-state index in [0.29, 0.717) is 11.7 Å². The van der Waals surface area contributed by atoms with E-state index in [1.165, 1.54) is 24.3 Å². The van der Waals surface area contributed by atoms with Gasteiger partial charge in [0.05, 0.1) is 4.90 Å². The molecule has 1 aliphatic heterocycles. The highest BCUT2D eigenvalue weighted by molar-refractivity contribution is 7.92. The van der Waals surface area contributed by atoms with E-state index in [2.05, 4.69) is 10.0 Å². The lowest BCUT2D eigenvalue weighted by atomic mass is 10.1. The molecule has 0 spiro atoms. The summed E-state index contributed by atoms with van der Waals surface area (Å²) in [6.07, 6.45) is 0.801. The zero-order valence-electron chi connectivity index (χ0n) is 11.4. The van der Waals surface area contributed by atoms with Gasteiger partial charge in [-0.2, -0.15) is 0 Å². The molecule has 0 unspecified atom stereocenters. The van der Waals surface area contributed by atoms with Gasteiger partial charge in [-0.3, -0.25) is 4.72 Å². The van der Waals surface area contributed by atoms with Crippen molar-refractivity contribution in [3.05, 3.63) is 53.8 Å². The molecule has 21 heavy (non-hydrogen) atoms. The lowest BCUT2D eigenvalue weighted by Gasteiger charge is -2.09. The van der Waals surface area contributed by atoms with Crippen LogP contribution in [0.5, 0.6) is 0 Å². The van der Waals surface area contributed by atoms with Crippen LogP contribution >= 0.6 is 0 Å². The SMILES string of the molecule is C[C@H]1Cc2cc(S(=O)(=O)Nc3ccc(F)cc3)ccc2N1. The highest BCUT2D eigenvalue weighted by atomic mass is 32.2. The molecule has 1 aliphatic rings. The lowest BCUT2D eigenvalue weighted by Crippen LogP contribution is -2.13. The van der Waals surface area contributed by atoms with Gasteiger partial charge in [0.15, 0.2) is 0 Å². The smallest absolute Gasteiger partial charge is 0.261 e. The van der Waals surface area contributed by atoms with E-state index in [1.54, 1.807) is 18.2 Å². The van der Waals surface area contributed by atoms with Crippen molar-refractivity contribution in [3.63, 3.8) is 0 Å². The normalized spacial score (nSPS) is 17.1. The van der Waals surface area contributed by atoms with Crippen molar-refractivity contribution in [2.75, 3.05) is 10.0 Å². The Hall–Kier alpha value is -2.08. The Balaban J connectivity index is 1.89. The summed E-state index contributed by atoms with van der Waals surface area (Å²) in [6.45, 7) is 2.05. The van der Waals surface area contributed by atoms with Gasteiger partial charge in [0, 0.05) is 17.4 Å². The standard InChI is InChI=1S/C15H15FN2O2S/c1-10-8-11-9-14(6-7-15(11)17-10)21(19,20)18-13-4-2-12(16)3-5-13/h2-7,9-10,17-18H,8H2,1H3/t10-/m0/s1.